The van der Waals surface area contributed by atoms with Crippen molar-refractivity contribution in [2.24, 2.45) is 0 Å². The van der Waals surface area contributed by atoms with Crippen LogP contribution >= 0.6 is 0 Å². The summed E-state index contributed by atoms with van der Waals surface area (Å²) in [7, 11) is 0. The molecule has 1 fully saturated rings. The third kappa shape index (κ3) is 4.11. The van der Waals surface area contributed by atoms with E-state index in [9.17, 15) is 9.18 Å². The number of anilines is 1. The van der Waals surface area contributed by atoms with Crippen LogP contribution in [-0.2, 0) is 11.2 Å². The summed E-state index contributed by atoms with van der Waals surface area (Å²) in [5.74, 6) is 0.0454. The molecule has 0 aliphatic carbocycles. The average molecular weight is 390 g/mol. The second-order valence-electron chi connectivity index (χ2n) is 7.48. The standard InChI is InChI=1S/C23H23FN4O/c1-15-11-18(24)4-5-19(15)21-7-6-20(25)22(27-21)12-23(29)28-10-8-17(14-28)16-3-2-9-26-13-16/h2-7,9,11,13,17H,8,10,12,14,25H2,1H3. The Hall–Kier alpha value is -3.28. The SMILES string of the molecule is Cc1cc(F)ccc1-c1ccc(N)c(CC(=O)N2CCC(c3cccnc3)C2)n1. The molecule has 2 aromatic heterocycles. The van der Waals surface area contributed by atoms with Crippen LogP contribution in [0.2, 0.25) is 0 Å². The number of hydrogen-bond donors (Lipinski definition) is 1. The second kappa shape index (κ2) is 7.99. The molecule has 5 nitrogen and oxygen atoms in total. The van der Waals surface area contributed by atoms with Gasteiger partial charge in [-0.2, -0.15) is 0 Å². The number of rotatable bonds is 4. The van der Waals surface area contributed by atoms with Gasteiger partial charge in [0.2, 0.25) is 5.91 Å². The Kier molecular flexibility index (Phi) is 5.25. The van der Waals surface area contributed by atoms with E-state index in [4.69, 9.17) is 5.73 Å². The maximum Gasteiger partial charge on any atom is 0.228 e. The molecule has 2 N–H and O–H groups in total. The van der Waals surface area contributed by atoms with Gasteiger partial charge in [0, 0.05) is 37.0 Å². The summed E-state index contributed by atoms with van der Waals surface area (Å²) in [4.78, 5) is 23.5. The van der Waals surface area contributed by atoms with Crippen LogP contribution in [0.15, 0.2) is 54.9 Å². The lowest BCUT2D eigenvalue weighted by molar-refractivity contribution is -0.129. The lowest BCUT2D eigenvalue weighted by atomic mass is 10.0. The highest BCUT2D eigenvalue weighted by molar-refractivity contribution is 5.80. The molecular formula is C23H23FN4O. The van der Waals surface area contributed by atoms with Crippen LogP contribution in [0.5, 0.6) is 0 Å². The predicted octanol–water partition coefficient (Wildman–Crippen LogP) is 3.73. The van der Waals surface area contributed by atoms with E-state index in [1.807, 2.05) is 24.1 Å². The molecule has 3 aromatic rings. The number of aryl methyl sites for hydroxylation is 1. The van der Waals surface area contributed by atoms with Gasteiger partial charge in [0.25, 0.3) is 0 Å². The molecule has 29 heavy (non-hydrogen) atoms. The topological polar surface area (TPSA) is 72.1 Å². The molecule has 3 heterocycles. The number of nitrogen functional groups attached to an aromatic ring is 1. The van der Waals surface area contributed by atoms with Crippen molar-refractivity contribution >= 4 is 11.6 Å². The fraction of sp³-hybridized carbons (Fsp3) is 0.261. The van der Waals surface area contributed by atoms with Crippen LogP contribution in [0, 0.1) is 12.7 Å². The van der Waals surface area contributed by atoms with Crippen molar-refractivity contribution < 1.29 is 9.18 Å². The lowest BCUT2D eigenvalue weighted by Crippen LogP contribution is -2.30. The highest BCUT2D eigenvalue weighted by Crippen LogP contribution is 2.28. The molecule has 1 amide bonds. The summed E-state index contributed by atoms with van der Waals surface area (Å²) in [6, 6.07) is 12.1. The van der Waals surface area contributed by atoms with Gasteiger partial charge in [-0.15, -0.1) is 0 Å². The number of nitrogens with two attached hydrogens (primary N) is 1. The van der Waals surface area contributed by atoms with Gasteiger partial charge >= 0.3 is 0 Å². The minimum atomic E-state index is -0.283. The Balaban J connectivity index is 1.50. The van der Waals surface area contributed by atoms with Crippen molar-refractivity contribution in [2.45, 2.75) is 25.7 Å². The number of carbonyl (C=O) groups excluding carboxylic acids is 1. The van der Waals surface area contributed by atoms with Crippen LogP contribution in [-0.4, -0.2) is 33.9 Å². The molecule has 1 aliphatic rings. The molecule has 1 aromatic carbocycles. The highest BCUT2D eigenvalue weighted by Gasteiger charge is 2.28. The minimum absolute atomic E-state index is 0.0172. The number of aromatic nitrogens is 2. The van der Waals surface area contributed by atoms with E-state index >= 15 is 0 Å². The molecule has 1 unspecified atom stereocenters. The van der Waals surface area contributed by atoms with Crippen molar-refractivity contribution in [1.82, 2.24) is 14.9 Å². The molecule has 6 heteroatoms. The Labute approximate surface area is 169 Å². The van der Waals surface area contributed by atoms with Crippen LogP contribution in [0.1, 0.15) is 29.2 Å². The maximum atomic E-state index is 13.4. The van der Waals surface area contributed by atoms with Gasteiger partial charge in [-0.3, -0.25) is 14.8 Å². The summed E-state index contributed by atoms with van der Waals surface area (Å²) in [6.07, 6.45) is 4.70. The first kappa shape index (κ1) is 19.1. The summed E-state index contributed by atoms with van der Waals surface area (Å²) < 4.78 is 13.4. The first-order valence-corrected chi connectivity index (χ1v) is 9.71. The van der Waals surface area contributed by atoms with E-state index in [2.05, 4.69) is 16.0 Å². The predicted molar refractivity (Wildman–Crippen MR) is 111 cm³/mol. The largest absolute Gasteiger partial charge is 0.397 e. The van der Waals surface area contributed by atoms with Gasteiger partial charge in [0.1, 0.15) is 5.82 Å². The number of pyridine rings is 2. The Morgan fingerprint density at radius 1 is 1.28 bits per heavy atom. The zero-order chi connectivity index (χ0) is 20.4. The van der Waals surface area contributed by atoms with Gasteiger partial charge in [-0.1, -0.05) is 6.07 Å². The fourth-order valence-electron chi connectivity index (χ4n) is 3.85. The molecule has 0 saturated carbocycles. The molecule has 0 radical (unpaired) electrons. The van der Waals surface area contributed by atoms with Gasteiger partial charge < -0.3 is 10.6 Å². The number of benzene rings is 1. The van der Waals surface area contributed by atoms with Crippen LogP contribution in [0.25, 0.3) is 11.3 Å². The van der Waals surface area contributed by atoms with Crippen molar-refractivity contribution in [1.29, 1.82) is 0 Å². The van der Waals surface area contributed by atoms with E-state index < -0.39 is 0 Å². The van der Waals surface area contributed by atoms with E-state index in [1.165, 1.54) is 12.1 Å². The summed E-state index contributed by atoms with van der Waals surface area (Å²) in [5, 5.41) is 0. The minimum Gasteiger partial charge on any atom is -0.397 e. The molecule has 148 valence electrons. The molecule has 1 aliphatic heterocycles. The zero-order valence-electron chi connectivity index (χ0n) is 16.3. The first-order chi connectivity index (χ1) is 14.0. The Morgan fingerprint density at radius 3 is 2.90 bits per heavy atom. The number of halogens is 1. The smallest absolute Gasteiger partial charge is 0.228 e. The maximum absolute atomic E-state index is 13.4. The normalized spacial score (nSPS) is 16.2. The van der Waals surface area contributed by atoms with Gasteiger partial charge in [0.15, 0.2) is 0 Å². The van der Waals surface area contributed by atoms with Gasteiger partial charge in [-0.25, -0.2) is 4.39 Å². The first-order valence-electron chi connectivity index (χ1n) is 9.71. The Bertz CT molecular complexity index is 1040. The highest BCUT2D eigenvalue weighted by atomic mass is 19.1. The molecular weight excluding hydrogens is 367 g/mol. The molecule has 1 atom stereocenters. The third-order valence-corrected chi connectivity index (χ3v) is 5.49. The van der Waals surface area contributed by atoms with Crippen LogP contribution in [0.4, 0.5) is 10.1 Å². The monoisotopic (exact) mass is 390 g/mol. The van der Waals surface area contributed by atoms with E-state index in [0.717, 1.165) is 29.7 Å². The number of amides is 1. The van der Waals surface area contributed by atoms with Crippen molar-refractivity contribution in [3.05, 3.63) is 77.5 Å². The van der Waals surface area contributed by atoms with Gasteiger partial charge in [0.05, 0.1) is 23.5 Å². The molecule has 1 saturated heterocycles. The zero-order valence-corrected chi connectivity index (χ0v) is 16.3. The fourth-order valence-corrected chi connectivity index (χ4v) is 3.85. The van der Waals surface area contributed by atoms with E-state index in [-0.39, 0.29) is 18.1 Å². The average Bonchev–Trinajstić information content (AvgIpc) is 3.21. The van der Waals surface area contributed by atoms with Crippen molar-refractivity contribution in [3.8, 4) is 11.3 Å². The Morgan fingerprint density at radius 2 is 2.14 bits per heavy atom. The number of nitrogens with zero attached hydrogens (tertiary/aromatic N) is 3. The number of hydrogen-bond acceptors (Lipinski definition) is 4. The van der Waals surface area contributed by atoms with Crippen molar-refractivity contribution in [2.75, 3.05) is 18.8 Å². The molecule has 4 rings (SSSR count). The second-order valence-corrected chi connectivity index (χ2v) is 7.48. The number of likely N-dealkylation sites (tertiary alicyclic amines) is 1. The van der Waals surface area contributed by atoms with Crippen molar-refractivity contribution in [3.63, 3.8) is 0 Å². The molecule has 0 bridgehead atoms. The summed E-state index contributed by atoms with van der Waals surface area (Å²) >= 11 is 0. The molecule has 0 spiro atoms. The van der Waals surface area contributed by atoms with Crippen LogP contribution < -0.4 is 5.73 Å². The number of carbonyl (C=O) groups is 1. The third-order valence-electron chi connectivity index (χ3n) is 5.49. The van der Waals surface area contributed by atoms with Crippen LogP contribution in [0.3, 0.4) is 0 Å². The summed E-state index contributed by atoms with van der Waals surface area (Å²) in [6.45, 7) is 3.24. The lowest BCUT2D eigenvalue weighted by Gasteiger charge is -2.17. The van der Waals surface area contributed by atoms with E-state index in [1.54, 1.807) is 24.4 Å². The van der Waals surface area contributed by atoms with E-state index in [0.29, 0.717) is 29.5 Å². The quantitative estimate of drug-likeness (QED) is 0.737. The summed E-state index contributed by atoms with van der Waals surface area (Å²) in [5.41, 5.74) is 10.6. The van der Waals surface area contributed by atoms with Gasteiger partial charge in [-0.05, 0) is 60.9 Å².